The zero-order chi connectivity index (χ0) is 13.6. The van der Waals surface area contributed by atoms with Gasteiger partial charge in [-0.05, 0) is 48.3 Å². The summed E-state index contributed by atoms with van der Waals surface area (Å²) < 4.78 is 5.31. The lowest BCUT2D eigenvalue weighted by Gasteiger charge is -2.21. The molecule has 0 saturated carbocycles. The average molecular weight is 248 g/mol. The summed E-state index contributed by atoms with van der Waals surface area (Å²) >= 11 is 0. The maximum atomic E-state index is 5.31. The van der Waals surface area contributed by atoms with Gasteiger partial charge < -0.3 is 4.74 Å². The predicted octanol–water partition coefficient (Wildman–Crippen LogP) is 5.41. The molecule has 0 radical (unpaired) electrons. The quantitative estimate of drug-likeness (QED) is 0.654. The van der Waals surface area contributed by atoms with Crippen molar-refractivity contribution < 1.29 is 4.74 Å². The van der Waals surface area contributed by atoms with Crippen LogP contribution in [0.3, 0.4) is 0 Å². The summed E-state index contributed by atoms with van der Waals surface area (Å²) in [5.74, 6) is 1.64. The normalized spacial score (nSPS) is 13.4. The van der Waals surface area contributed by atoms with Crippen LogP contribution in [0, 0.1) is 5.41 Å². The molecule has 0 fully saturated rings. The Bertz CT molecular complexity index is 349. The Labute approximate surface area is 113 Å². The molecule has 0 bridgehead atoms. The monoisotopic (exact) mass is 248 g/mol. The van der Waals surface area contributed by atoms with Crippen LogP contribution in [-0.4, -0.2) is 7.11 Å². The van der Waals surface area contributed by atoms with E-state index in [0.29, 0.717) is 11.3 Å². The fourth-order valence-electron chi connectivity index (χ4n) is 2.38. The fraction of sp³-hybridized carbons (Fsp3) is 0.647. The Hall–Kier alpha value is -0.980. The van der Waals surface area contributed by atoms with E-state index in [1.54, 1.807) is 7.11 Å². The molecular weight excluding hydrogens is 220 g/mol. The third-order valence-electron chi connectivity index (χ3n) is 3.54. The Kier molecular flexibility index (Phi) is 5.71. The largest absolute Gasteiger partial charge is 0.497 e. The van der Waals surface area contributed by atoms with E-state index in [1.165, 1.54) is 31.2 Å². The Balaban J connectivity index is 2.59. The third kappa shape index (κ3) is 5.12. The number of methoxy groups -OCH3 is 1. The molecule has 1 aromatic rings. The minimum atomic E-state index is 0.451. The van der Waals surface area contributed by atoms with Crippen molar-refractivity contribution in [2.75, 3.05) is 7.11 Å². The highest BCUT2D eigenvalue weighted by atomic mass is 16.5. The minimum absolute atomic E-state index is 0.451. The number of ether oxygens (including phenoxy) is 1. The second-order valence-electron chi connectivity index (χ2n) is 6.33. The molecule has 0 aliphatic rings. The van der Waals surface area contributed by atoms with Crippen molar-refractivity contribution >= 4 is 0 Å². The molecule has 1 atom stereocenters. The second-order valence-corrected chi connectivity index (χ2v) is 6.33. The van der Waals surface area contributed by atoms with Gasteiger partial charge in [-0.3, -0.25) is 0 Å². The highest BCUT2D eigenvalue weighted by Crippen LogP contribution is 2.30. The number of hydrogen-bond donors (Lipinski definition) is 0. The third-order valence-corrected chi connectivity index (χ3v) is 3.54. The molecule has 0 heterocycles. The van der Waals surface area contributed by atoms with E-state index in [9.17, 15) is 0 Å². The Morgan fingerprint density at radius 3 is 2.50 bits per heavy atom. The van der Waals surface area contributed by atoms with Crippen molar-refractivity contribution in [3.05, 3.63) is 29.8 Å². The van der Waals surface area contributed by atoms with Crippen molar-refractivity contribution in [3.63, 3.8) is 0 Å². The molecule has 1 heteroatoms. The van der Waals surface area contributed by atoms with Crippen molar-refractivity contribution in [1.29, 1.82) is 0 Å². The summed E-state index contributed by atoms with van der Waals surface area (Å²) in [6, 6.07) is 8.53. The van der Waals surface area contributed by atoms with E-state index in [4.69, 9.17) is 4.74 Å². The zero-order valence-electron chi connectivity index (χ0n) is 12.6. The van der Waals surface area contributed by atoms with E-state index in [1.807, 2.05) is 6.07 Å². The molecule has 0 amide bonds. The van der Waals surface area contributed by atoms with Gasteiger partial charge in [0.1, 0.15) is 5.75 Å². The van der Waals surface area contributed by atoms with Crippen LogP contribution in [0.15, 0.2) is 24.3 Å². The van der Waals surface area contributed by atoms with Crippen molar-refractivity contribution in [2.24, 2.45) is 5.41 Å². The molecule has 0 N–H and O–H groups in total. The van der Waals surface area contributed by atoms with Gasteiger partial charge in [0.25, 0.3) is 0 Å². The molecule has 102 valence electrons. The van der Waals surface area contributed by atoms with Crippen molar-refractivity contribution in [1.82, 2.24) is 0 Å². The minimum Gasteiger partial charge on any atom is -0.497 e. The van der Waals surface area contributed by atoms with Crippen LogP contribution < -0.4 is 4.74 Å². The molecule has 0 aromatic heterocycles. The first-order chi connectivity index (χ1) is 8.46. The van der Waals surface area contributed by atoms with Crippen molar-refractivity contribution in [2.45, 2.75) is 59.3 Å². The summed E-state index contributed by atoms with van der Waals surface area (Å²) in [6.45, 7) is 9.24. The summed E-state index contributed by atoms with van der Waals surface area (Å²) in [5.41, 5.74) is 1.87. The first-order valence-corrected chi connectivity index (χ1v) is 7.10. The van der Waals surface area contributed by atoms with Gasteiger partial charge in [-0.25, -0.2) is 0 Å². The molecule has 0 aliphatic heterocycles. The topological polar surface area (TPSA) is 9.23 Å². The van der Waals surface area contributed by atoms with Crippen LogP contribution in [-0.2, 0) is 0 Å². The summed E-state index contributed by atoms with van der Waals surface area (Å²) in [7, 11) is 1.74. The van der Waals surface area contributed by atoms with Crippen LogP contribution >= 0.6 is 0 Å². The smallest absolute Gasteiger partial charge is 0.119 e. The molecule has 0 aliphatic carbocycles. The Morgan fingerprint density at radius 2 is 1.94 bits per heavy atom. The van der Waals surface area contributed by atoms with Gasteiger partial charge in [0, 0.05) is 0 Å². The average Bonchev–Trinajstić information content (AvgIpc) is 2.33. The van der Waals surface area contributed by atoms with Gasteiger partial charge in [0.2, 0.25) is 0 Å². The maximum Gasteiger partial charge on any atom is 0.119 e. The van der Waals surface area contributed by atoms with E-state index in [2.05, 4.69) is 45.9 Å². The molecule has 1 unspecified atom stereocenters. The first kappa shape index (κ1) is 15.1. The highest BCUT2D eigenvalue weighted by Gasteiger charge is 2.14. The van der Waals surface area contributed by atoms with E-state index < -0.39 is 0 Å². The standard InChI is InChI=1S/C17H28O/c1-6-14(10-8-12-17(2,3)4)15-9-7-11-16(13-15)18-5/h7,9,11,13-14H,6,8,10,12H2,1-5H3. The number of rotatable bonds is 6. The maximum absolute atomic E-state index is 5.31. The van der Waals surface area contributed by atoms with Crippen LogP contribution in [0.25, 0.3) is 0 Å². The van der Waals surface area contributed by atoms with Crippen LogP contribution in [0.1, 0.15) is 64.9 Å². The van der Waals surface area contributed by atoms with Gasteiger partial charge >= 0.3 is 0 Å². The molecule has 1 aromatic carbocycles. The zero-order valence-corrected chi connectivity index (χ0v) is 12.6. The summed E-state index contributed by atoms with van der Waals surface area (Å²) in [4.78, 5) is 0. The highest BCUT2D eigenvalue weighted by molar-refractivity contribution is 5.30. The second kappa shape index (κ2) is 6.82. The molecule has 18 heavy (non-hydrogen) atoms. The molecule has 1 nitrogen and oxygen atoms in total. The molecule has 0 spiro atoms. The van der Waals surface area contributed by atoms with E-state index in [0.717, 1.165) is 5.75 Å². The summed E-state index contributed by atoms with van der Waals surface area (Å²) in [5, 5.41) is 0. The Morgan fingerprint density at radius 1 is 1.22 bits per heavy atom. The summed E-state index contributed by atoms with van der Waals surface area (Å²) in [6.07, 6.45) is 5.09. The predicted molar refractivity (Wildman–Crippen MR) is 79.3 cm³/mol. The van der Waals surface area contributed by atoms with Crippen LogP contribution in [0.4, 0.5) is 0 Å². The lowest BCUT2D eigenvalue weighted by molar-refractivity contribution is 0.351. The van der Waals surface area contributed by atoms with Gasteiger partial charge in [0.15, 0.2) is 0 Å². The van der Waals surface area contributed by atoms with Crippen LogP contribution in [0.2, 0.25) is 0 Å². The lowest BCUT2D eigenvalue weighted by atomic mass is 9.85. The molecule has 0 saturated heterocycles. The number of benzene rings is 1. The van der Waals surface area contributed by atoms with Gasteiger partial charge in [-0.15, -0.1) is 0 Å². The molecule has 1 rings (SSSR count). The fourth-order valence-corrected chi connectivity index (χ4v) is 2.38. The SMILES string of the molecule is CCC(CCCC(C)(C)C)c1cccc(OC)c1. The van der Waals surface area contributed by atoms with E-state index in [-0.39, 0.29) is 0 Å². The van der Waals surface area contributed by atoms with Gasteiger partial charge in [-0.2, -0.15) is 0 Å². The first-order valence-electron chi connectivity index (χ1n) is 7.10. The lowest BCUT2D eigenvalue weighted by Crippen LogP contribution is -2.06. The number of hydrogen-bond acceptors (Lipinski definition) is 1. The van der Waals surface area contributed by atoms with Crippen LogP contribution in [0.5, 0.6) is 5.75 Å². The van der Waals surface area contributed by atoms with E-state index >= 15 is 0 Å². The molecular formula is C17H28O. The van der Waals surface area contributed by atoms with Gasteiger partial charge in [0.05, 0.1) is 7.11 Å². The van der Waals surface area contributed by atoms with Crippen molar-refractivity contribution in [3.8, 4) is 5.75 Å². The van der Waals surface area contributed by atoms with Gasteiger partial charge in [-0.1, -0.05) is 46.2 Å².